The summed E-state index contributed by atoms with van der Waals surface area (Å²) in [5, 5.41) is 0. The van der Waals surface area contributed by atoms with Crippen LogP contribution in [0, 0.1) is 0 Å². The summed E-state index contributed by atoms with van der Waals surface area (Å²) in [4.78, 5) is 0. The molecular weight excluding hydrogens is 264 g/mol. The first-order valence-corrected chi connectivity index (χ1v) is 4.46. The first-order chi connectivity index (χ1) is 4.04. The molecule has 0 N–H and O–H groups in total. The van der Waals surface area contributed by atoms with Gasteiger partial charge in [0.05, 0.1) is 0 Å². The van der Waals surface area contributed by atoms with Crippen molar-refractivity contribution < 1.29 is 0 Å². The van der Waals surface area contributed by atoms with Crippen LogP contribution in [0.25, 0.3) is 0 Å². The lowest BCUT2D eigenvalue weighted by Gasteiger charge is -1.92. The lowest BCUT2D eigenvalue weighted by Crippen LogP contribution is -1.69. The van der Waals surface area contributed by atoms with Gasteiger partial charge in [-0.2, -0.15) is 0 Å². The van der Waals surface area contributed by atoms with Crippen molar-refractivity contribution in [3.8, 4) is 0 Å². The molecule has 0 saturated carbocycles. The monoisotopic (exact) mass is 270 g/mol. The van der Waals surface area contributed by atoms with E-state index in [0.717, 1.165) is 8.30 Å². The first-order valence-electron chi connectivity index (χ1n) is 2.43. The summed E-state index contributed by atoms with van der Waals surface area (Å²) in [6.07, 6.45) is 1.94. The number of halogens is 2. The molecule has 0 atom stereocenters. The average molecular weight is 272 g/mol. The number of thiol groups is 1. The summed E-state index contributed by atoms with van der Waals surface area (Å²) in [5.74, 6) is 0. The average Bonchev–Trinajstić information content (AvgIpc) is 1.63. The predicted molar refractivity (Wildman–Crippen MR) is 53.3 cm³/mol. The summed E-state index contributed by atoms with van der Waals surface area (Å²) in [7, 11) is 0. The molecule has 0 spiro atoms. The Kier molecular flexibility index (Phi) is 4.98. The van der Waals surface area contributed by atoms with Gasteiger partial charge < -0.3 is 0 Å². The zero-order chi connectivity index (χ0) is 7.44. The molecule has 0 unspecified atom stereocenters. The third-order valence-electron chi connectivity index (χ3n) is 0.879. The zero-order valence-corrected chi connectivity index (χ0v) is 9.35. The molecule has 0 heterocycles. The van der Waals surface area contributed by atoms with Gasteiger partial charge in [-0.05, 0) is 45.9 Å². The Bertz CT molecular complexity index is 150. The molecule has 0 aliphatic carbocycles. The van der Waals surface area contributed by atoms with Crippen molar-refractivity contribution in [2.45, 2.75) is 13.8 Å². The number of hydrogen-bond acceptors (Lipinski definition) is 1. The second-order valence-corrected chi connectivity index (χ2v) is 4.82. The Morgan fingerprint density at radius 1 is 1.33 bits per heavy atom. The molecule has 0 fully saturated rings. The standard InChI is InChI=1S/C6H8Br2S/c1-4(5(2)7)3-6(8)9/h3,9H,1-2H3/b5-4+,6-3-. The van der Waals surface area contributed by atoms with E-state index in [0.29, 0.717) is 0 Å². The highest BCUT2D eigenvalue weighted by molar-refractivity contribution is 9.13. The van der Waals surface area contributed by atoms with Gasteiger partial charge in [-0.25, -0.2) is 0 Å². The molecule has 9 heavy (non-hydrogen) atoms. The van der Waals surface area contributed by atoms with Gasteiger partial charge in [0.2, 0.25) is 0 Å². The largest absolute Gasteiger partial charge is 0.136 e. The van der Waals surface area contributed by atoms with Crippen molar-refractivity contribution in [3.63, 3.8) is 0 Å². The van der Waals surface area contributed by atoms with Crippen molar-refractivity contribution in [2.75, 3.05) is 0 Å². The molecule has 0 amide bonds. The van der Waals surface area contributed by atoms with Gasteiger partial charge >= 0.3 is 0 Å². The second-order valence-electron chi connectivity index (χ2n) is 1.68. The van der Waals surface area contributed by atoms with Gasteiger partial charge in [0.15, 0.2) is 0 Å². The summed E-state index contributed by atoms with van der Waals surface area (Å²) in [5.41, 5.74) is 1.18. The van der Waals surface area contributed by atoms with Crippen molar-refractivity contribution in [1.82, 2.24) is 0 Å². The Labute approximate surface area is 78.1 Å². The Morgan fingerprint density at radius 2 is 1.78 bits per heavy atom. The van der Waals surface area contributed by atoms with Gasteiger partial charge in [-0.3, -0.25) is 0 Å². The van der Waals surface area contributed by atoms with E-state index in [1.165, 1.54) is 5.57 Å². The number of allylic oxidation sites excluding steroid dienone is 3. The van der Waals surface area contributed by atoms with Gasteiger partial charge in [-0.1, -0.05) is 15.9 Å². The minimum absolute atomic E-state index is 0.846. The van der Waals surface area contributed by atoms with E-state index in [1.807, 2.05) is 19.9 Å². The normalized spacial score (nSPS) is 15.4. The highest BCUT2D eigenvalue weighted by atomic mass is 79.9. The van der Waals surface area contributed by atoms with E-state index < -0.39 is 0 Å². The molecule has 0 saturated heterocycles. The first kappa shape index (κ1) is 9.79. The summed E-state index contributed by atoms with van der Waals surface area (Å²) in [6, 6.07) is 0. The van der Waals surface area contributed by atoms with E-state index in [1.54, 1.807) is 0 Å². The topological polar surface area (TPSA) is 0 Å². The molecular formula is C6H8Br2S. The van der Waals surface area contributed by atoms with E-state index >= 15 is 0 Å². The molecule has 0 bridgehead atoms. The quantitative estimate of drug-likeness (QED) is 0.544. The van der Waals surface area contributed by atoms with Gasteiger partial charge in [0.25, 0.3) is 0 Å². The van der Waals surface area contributed by atoms with Crippen LogP contribution in [0.5, 0.6) is 0 Å². The smallest absolute Gasteiger partial charge is 0.0475 e. The maximum absolute atomic E-state index is 4.05. The van der Waals surface area contributed by atoms with Gasteiger partial charge in [-0.15, -0.1) is 12.6 Å². The third kappa shape index (κ3) is 5.25. The predicted octanol–water partition coefficient (Wildman–Crippen LogP) is 3.84. The Morgan fingerprint density at radius 3 is 1.89 bits per heavy atom. The minimum atomic E-state index is 0.846. The Hall–Kier alpha value is 0.790. The fourth-order valence-corrected chi connectivity index (χ4v) is 0.930. The molecule has 0 nitrogen and oxygen atoms in total. The number of rotatable bonds is 1. The SMILES string of the molecule is C/C(Br)=C(C)\C=C(/S)Br. The van der Waals surface area contributed by atoms with Gasteiger partial charge in [0, 0.05) is 3.81 Å². The van der Waals surface area contributed by atoms with Crippen LogP contribution in [-0.2, 0) is 0 Å². The van der Waals surface area contributed by atoms with Gasteiger partial charge in [0.1, 0.15) is 0 Å². The van der Waals surface area contributed by atoms with E-state index in [9.17, 15) is 0 Å². The van der Waals surface area contributed by atoms with Crippen LogP contribution < -0.4 is 0 Å². The molecule has 0 rings (SSSR count). The van der Waals surface area contributed by atoms with Crippen LogP contribution >= 0.6 is 44.5 Å². The molecule has 0 aliphatic heterocycles. The fraction of sp³-hybridized carbons (Fsp3) is 0.333. The van der Waals surface area contributed by atoms with Crippen LogP contribution in [0.3, 0.4) is 0 Å². The molecule has 0 radical (unpaired) electrons. The maximum Gasteiger partial charge on any atom is 0.0475 e. The molecule has 0 aromatic heterocycles. The summed E-state index contributed by atoms with van der Waals surface area (Å²) < 4.78 is 1.98. The molecule has 52 valence electrons. The minimum Gasteiger partial charge on any atom is -0.136 e. The molecule has 3 heteroatoms. The number of hydrogen-bond donors (Lipinski definition) is 1. The molecule has 0 aliphatic rings. The zero-order valence-electron chi connectivity index (χ0n) is 5.28. The lowest BCUT2D eigenvalue weighted by molar-refractivity contribution is 1.46. The van der Waals surface area contributed by atoms with E-state index in [-0.39, 0.29) is 0 Å². The van der Waals surface area contributed by atoms with E-state index in [2.05, 4.69) is 44.5 Å². The summed E-state index contributed by atoms with van der Waals surface area (Å²) >= 11 is 10.6. The molecule has 0 aromatic rings. The second kappa shape index (κ2) is 4.58. The highest BCUT2D eigenvalue weighted by Gasteiger charge is 1.87. The maximum atomic E-state index is 4.05. The van der Waals surface area contributed by atoms with Crippen molar-refractivity contribution in [2.24, 2.45) is 0 Å². The van der Waals surface area contributed by atoms with E-state index in [4.69, 9.17) is 0 Å². The Balaban J connectivity index is 4.25. The fourth-order valence-electron chi connectivity index (χ4n) is 0.278. The van der Waals surface area contributed by atoms with Crippen molar-refractivity contribution in [1.29, 1.82) is 0 Å². The molecule has 0 aromatic carbocycles. The third-order valence-corrected chi connectivity index (χ3v) is 1.86. The van der Waals surface area contributed by atoms with Crippen LogP contribution in [0.2, 0.25) is 0 Å². The van der Waals surface area contributed by atoms with Crippen LogP contribution in [-0.4, -0.2) is 0 Å². The highest BCUT2D eigenvalue weighted by Crippen LogP contribution is 2.17. The van der Waals surface area contributed by atoms with Crippen molar-refractivity contribution >= 4 is 44.5 Å². The van der Waals surface area contributed by atoms with Crippen LogP contribution in [0.1, 0.15) is 13.8 Å². The van der Waals surface area contributed by atoms with Crippen LogP contribution in [0.4, 0.5) is 0 Å². The van der Waals surface area contributed by atoms with Crippen molar-refractivity contribution in [3.05, 3.63) is 19.9 Å². The summed E-state index contributed by atoms with van der Waals surface area (Å²) in [6.45, 7) is 4.01. The van der Waals surface area contributed by atoms with Crippen LogP contribution in [0.15, 0.2) is 19.9 Å². The lowest BCUT2D eigenvalue weighted by atomic mass is 10.3.